The maximum absolute atomic E-state index is 5.49. The molecule has 0 radical (unpaired) electrons. The van der Waals surface area contributed by atoms with Crippen molar-refractivity contribution < 1.29 is 9.47 Å². The van der Waals surface area contributed by atoms with E-state index >= 15 is 0 Å². The van der Waals surface area contributed by atoms with Gasteiger partial charge >= 0.3 is 6.01 Å². The lowest BCUT2D eigenvalue weighted by molar-refractivity contribution is 0.268. The van der Waals surface area contributed by atoms with Crippen LogP contribution in [0.25, 0.3) is 0 Å². The first-order valence-corrected chi connectivity index (χ1v) is 6.58. The maximum atomic E-state index is 5.49. The summed E-state index contributed by atoms with van der Waals surface area (Å²) in [6.45, 7) is 9.13. The largest absolute Gasteiger partial charge is 0.478 e. The first kappa shape index (κ1) is 14.7. The lowest BCUT2D eigenvalue weighted by Gasteiger charge is -2.08. The van der Waals surface area contributed by atoms with Gasteiger partial charge in [-0.25, -0.2) is 4.98 Å². The predicted molar refractivity (Wildman–Crippen MR) is 71.2 cm³/mol. The molecule has 0 saturated heterocycles. The van der Waals surface area contributed by atoms with Gasteiger partial charge < -0.3 is 14.8 Å². The van der Waals surface area contributed by atoms with Crippen LogP contribution in [0.2, 0.25) is 0 Å². The Morgan fingerprint density at radius 2 is 1.89 bits per heavy atom. The summed E-state index contributed by atoms with van der Waals surface area (Å²) >= 11 is 0. The second kappa shape index (κ2) is 8.69. The number of aryl methyl sites for hydroxylation is 1. The predicted octanol–water partition coefficient (Wildman–Crippen LogP) is 1.95. The van der Waals surface area contributed by atoms with Gasteiger partial charge in [-0.1, -0.05) is 13.8 Å². The van der Waals surface area contributed by atoms with E-state index in [9.17, 15) is 0 Å². The molecule has 1 aromatic heterocycles. The minimum Gasteiger partial charge on any atom is -0.478 e. The van der Waals surface area contributed by atoms with Gasteiger partial charge in [-0.05, 0) is 26.3 Å². The summed E-state index contributed by atoms with van der Waals surface area (Å²) in [6, 6.07) is 2.21. The van der Waals surface area contributed by atoms with Gasteiger partial charge in [0.15, 0.2) is 0 Å². The number of nitrogens with one attached hydrogen (secondary N) is 1. The lowest BCUT2D eigenvalue weighted by atomic mass is 10.4. The van der Waals surface area contributed by atoms with Crippen LogP contribution in [0.4, 0.5) is 0 Å². The molecule has 18 heavy (non-hydrogen) atoms. The minimum atomic E-state index is 0.388. The van der Waals surface area contributed by atoms with Crippen molar-refractivity contribution in [3.63, 3.8) is 0 Å². The Morgan fingerprint density at radius 1 is 1.06 bits per heavy atom. The van der Waals surface area contributed by atoms with E-state index in [2.05, 4.69) is 29.1 Å². The van der Waals surface area contributed by atoms with Crippen molar-refractivity contribution in [2.24, 2.45) is 0 Å². The fourth-order valence-electron chi connectivity index (χ4n) is 1.37. The van der Waals surface area contributed by atoms with Crippen LogP contribution in [0.1, 0.15) is 32.4 Å². The summed E-state index contributed by atoms with van der Waals surface area (Å²) < 4.78 is 11.0. The van der Waals surface area contributed by atoms with E-state index < -0.39 is 0 Å². The molecule has 0 spiro atoms. The van der Waals surface area contributed by atoms with E-state index in [0.29, 0.717) is 25.1 Å². The highest BCUT2D eigenvalue weighted by Crippen LogP contribution is 2.13. The minimum absolute atomic E-state index is 0.388. The summed E-state index contributed by atoms with van der Waals surface area (Å²) in [6.07, 6.45) is 2.08. The molecule has 0 aliphatic rings. The zero-order valence-corrected chi connectivity index (χ0v) is 11.5. The Bertz CT molecular complexity index is 345. The Balaban J connectivity index is 2.41. The second-order valence-electron chi connectivity index (χ2n) is 4.08. The number of aromatic nitrogens is 2. The molecule has 0 saturated carbocycles. The number of ether oxygens (including phenoxy) is 2. The average molecular weight is 253 g/mol. The molecule has 1 rings (SSSR count). The average Bonchev–Trinajstić information content (AvgIpc) is 2.35. The van der Waals surface area contributed by atoms with Crippen molar-refractivity contribution in [3.8, 4) is 11.9 Å². The highest BCUT2D eigenvalue weighted by molar-refractivity contribution is 5.17. The Morgan fingerprint density at radius 3 is 2.61 bits per heavy atom. The van der Waals surface area contributed by atoms with Crippen LogP contribution < -0.4 is 14.8 Å². The summed E-state index contributed by atoms with van der Waals surface area (Å²) in [4.78, 5) is 8.42. The fraction of sp³-hybridized carbons (Fsp3) is 0.692. The molecule has 0 atom stereocenters. The molecular formula is C13H23N3O2. The Kier molecular flexibility index (Phi) is 7.10. The number of nitrogens with zero attached hydrogens (tertiary/aromatic N) is 2. The topological polar surface area (TPSA) is 56.3 Å². The molecule has 5 heteroatoms. The summed E-state index contributed by atoms with van der Waals surface area (Å²) in [5, 5.41) is 3.26. The van der Waals surface area contributed by atoms with E-state index in [1.165, 1.54) is 0 Å². The highest BCUT2D eigenvalue weighted by Gasteiger charge is 2.03. The third kappa shape index (κ3) is 5.82. The zero-order chi connectivity index (χ0) is 13.2. The van der Waals surface area contributed by atoms with Crippen LogP contribution in [0.15, 0.2) is 6.07 Å². The number of hydrogen-bond donors (Lipinski definition) is 1. The van der Waals surface area contributed by atoms with E-state index in [-0.39, 0.29) is 0 Å². The van der Waals surface area contributed by atoms with Crippen LogP contribution in [-0.4, -0.2) is 36.3 Å². The molecule has 0 bridgehead atoms. The van der Waals surface area contributed by atoms with E-state index in [4.69, 9.17) is 9.47 Å². The molecule has 0 aliphatic carbocycles. The number of hydrogen-bond acceptors (Lipinski definition) is 5. The third-order valence-electron chi connectivity index (χ3n) is 2.20. The van der Waals surface area contributed by atoms with Crippen LogP contribution >= 0.6 is 0 Å². The van der Waals surface area contributed by atoms with Crippen LogP contribution in [0.3, 0.4) is 0 Å². The van der Waals surface area contributed by atoms with Crippen LogP contribution in [0, 0.1) is 6.92 Å². The van der Waals surface area contributed by atoms with Gasteiger partial charge in [0.05, 0.1) is 6.61 Å². The third-order valence-corrected chi connectivity index (χ3v) is 2.20. The molecule has 0 amide bonds. The van der Waals surface area contributed by atoms with Gasteiger partial charge in [-0.15, -0.1) is 0 Å². The monoisotopic (exact) mass is 253 g/mol. The first-order valence-electron chi connectivity index (χ1n) is 6.58. The Hall–Kier alpha value is -1.36. The van der Waals surface area contributed by atoms with Gasteiger partial charge in [0.1, 0.15) is 6.61 Å². The summed E-state index contributed by atoms with van der Waals surface area (Å²) in [5.41, 5.74) is 0.854. The van der Waals surface area contributed by atoms with Crippen molar-refractivity contribution in [2.75, 3.05) is 26.3 Å². The van der Waals surface area contributed by atoms with Crippen molar-refractivity contribution in [1.82, 2.24) is 15.3 Å². The maximum Gasteiger partial charge on any atom is 0.319 e. The molecule has 1 heterocycles. The van der Waals surface area contributed by atoms with Crippen molar-refractivity contribution in [1.29, 1.82) is 0 Å². The smallest absolute Gasteiger partial charge is 0.319 e. The molecule has 102 valence electrons. The van der Waals surface area contributed by atoms with Gasteiger partial charge in [0.25, 0.3) is 0 Å². The molecular weight excluding hydrogens is 230 g/mol. The molecule has 0 unspecified atom stereocenters. The normalized spacial score (nSPS) is 10.4. The molecule has 5 nitrogen and oxygen atoms in total. The molecule has 0 aliphatic heterocycles. The standard InChI is InChI=1S/C13H23N3O2/c1-4-6-14-7-9-18-13-15-11(3)10-12(16-13)17-8-5-2/h10,14H,4-9H2,1-3H3. The van der Waals surface area contributed by atoms with Crippen molar-refractivity contribution in [2.45, 2.75) is 33.6 Å². The first-order chi connectivity index (χ1) is 8.76. The summed E-state index contributed by atoms with van der Waals surface area (Å²) in [5.74, 6) is 0.584. The lowest BCUT2D eigenvalue weighted by Crippen LogP contribution is -2.22. The van der Waals surface area contributed by atoms with E-state index in [1.54, 1.807) is 0 Å². The van der Waals surface area contributed by atoms with Gasteiger partial charge in [-0.3, -0.25) is 0 Å². The van der Waals surface area contributed by atoms with Gasteiger partial charge in [-0.2, -0.15) is 4.98 Å². The second-order valence-corrected chi connectivity index (χ2v) is 4.08. The highest BCUT2D eigenvalue weighted by atomic mass is 16.5. The SMILES string of the molecule is CCCNCCOc1nc(C)cc(OCCC)n1. The van der Waals surface area contributed by atoms with Crippen LogP contribution in [-0.2, 0) is 0 Å². The number of rotatable bonds is 9. The molecule has 0 fully saturated rings. The van der Waals surface area contributed by atoms with Crippen molar-refractivity contribution in [3.05, 3.63) is 11.8 Å². The van der Waals surface area contributed by atoms with Gasteiger partial charge in [0, 0.05) is 18.3 Å². The molecule has 1 aromatic rings. The van der Waals surface area contributed by atoms with Crippen molar-refractivity contribution >= 4 is 0 Å². The van der Waals surface area contributed by atoms with Crippen LogP contribution in [0.5, 0.6) is 11.9 Å². The molecule has 0 aromatic carbocycles. The summed E-state index contributed by atoms with van der Waals surface area (Å²) in [7, 11) is 0. The Labute approximate surface area is 109 Å². The quantitative estimate of drug-likeness (QED) is 0.682. The van der Waals surface area contributed by atoms with E-state index in [0.717, 1.165) is 31.6 Å². The van der Waals surface area contributed by atoms with Gasteiger partial charge in [0.2, 0.25) is 5.88 Å². The molecule has 1 N–H and O–H groups in total. The fourth-order valence-corrected chi connectivity index (χ4v) is 1.37. The van der Waals surface area contributed by atoms with E-state index in [1.807, 2.05) is 13.0 Å². The zero-order valence-electron chi connectivity index (χ0n) is 11.5.